The second-order valence-electron chi connectivity index (χ2n) is 7.51. The molecule has 0 radical (unpaired) electrons. The highest BCUT2D eigenvalue weighted by molar-refractivity contribution is 7.99. The molecule has 0 aliphatic carbocycles. The molecule has 1 saturated heterocycles. The second kappa shape index (κ2) is 10.6. The Morgan fingerprint density at radius 3 is 2.41 bits per heavy atom. The van der Waals surface area contributed by atoms with E-state index in [1.165, 1.54) is 17.6 Å². The number of amides is 1. The normalized spacial score (nSPS) is 15.8. The van der Waals surface area contributed by atoms with Crippen LogP contribution < -0.4 is 10.2 Å². The van der Waals surface area contributed by atoms with Gasteiger partial charge in [0.05, 0.1) is 11.5 Å². The van der Waals surface area contributed by atoms with Crippen LogP contribution in [0.5, 0.6) is 5.75 Å². The molecule has 1 aromatic heterocycles. The smallest absolute Gasteiger partial charge is 0.265 e. The lowest BCUT2D eigenvalue weighted by Crippen LogP contribution is -2.54. The van der Waals surface area contributed by atoms with Crippen molar-refractivity contribution in [2.24, 2.45) is 0 Å². The van der Waals surface area contributed by atoms with E-state index in [-0.39, 0.29) is 31.0 Å². The molecule has 0 atom stereocenters. The van der Waals surface area contributed by atoms with Crippen LogP contribution in [0.4, 0.5) is 0 Å². The highest BCUT2D eigenvalue weighted by atomic mass is 32.2. The average Bonchev–Trinajstić information content (AvgIpc) is 2.78. The van der Waals surface area contributed by atoms with Crippen LogP contribution in [0.3, 0.4) is 0 Å². The van der Waals surface area contributed by atoms with Gasteiger partial charge in [-0.2, -0.15) is 0 Å². The number of ether oxygens (including phenoxy) is 2. The van der Waals surface area contributed by atoms with E-state index in [2.05, 4.69) is 9.97 Å². The minimum Gasteiger partial charge on any atom is -0.494 e. The number of hydroxylamine groups is 1. The fraction of sp³-hybridized carbons (Fsp3) is 0.476. The Balaban J connectivity index is 1.57. The van der Waals surface area contributed by atoms with Gasteiger partial charge in [0.1, 0.15) is 5.75 Å². The predicted molar refractivity (Wildman–Crippen MR) is 119 cm³/mol. The Bertz CT molecular complexity index is 1020. The van der Waals surface area contributed by atoms with Crippen LogP contribution in [0, 0.1) is 13.8 Å². The van der Waals surface area contributed by atoms with Gasteiger partial charge >= 0.3 is 0 Å². The quantitative estimate of drug-likeness (QED) is 0.182. The summed E-state index contributed by atoms with van der Waals surface area (Å²) < 4.78 is 35.6. The van der Waals surface area contributed by atoms with E-state index in [1.807, 2.05) is 19.9 Å². The van der Waals surface area contributed by atoms with Crippen molar-refractivity contribution in [1.82, 2.24) is 15.4 Å². The molecule has 0 spiro atoms. The topological polar surface area (TPSA) is 128 Å². The van der Waals surface area contributed by atoms with E-state index in [0.717, 1.165) is 28.7 Å². The molecule has 2 N–H and O–H groups in total. The number of thioether (sulfide) groups is 1. The molecule has 0 unspecified atom stereocenters. The van der Waals surface area contributed by atoms with E-state index in [9.17, 15) is 13.2 Å². The maximum atomic E-state index is 13.2. The van der Waals surface area contributed by atoms with Crippen molar-refractivity contribution in [3.8, 4) is 5.75 Å². The monoisotopic (exact) mass is 481 g/mol. The van der Waals surface area contributed by atoms with E-state index in [4.69, 9.17) is 14.7 Å². The molecular weight excluding hydrogens is 454 g/mol. The third-order valence-electron chi connectivity index (χ3n) is 5.21. The van der Waals surface area contributed by atoms with Crippen LogP contribution in [0.15, 0.2) is 40.4 Å². The van der Waals surface area contributed by atoms with E-state index < -0.39 is 20.5 Å². The summed E-state index contributed by atoms with van der Waals surface area (Å²) in [5.41, 5.74) is 3.38. The zero-order valence-corrected chi connectivity index (χ0v) is 19.7. The van der Waals surface area contributed by atoms with Crippen molar-refractivity contribution < 1.29 is 27.9 Å². The predicted octanol–water partition coefficient (Wildman–Crippen LogP) is 2.48. The van der Waals surface area contributed by atoms with E-state index in [0.29, 0.717) is 12.4 Å². The van der Waals surface area contributed by atoms with Crippen molar-refractivity contribution in [3.05, 3.63) is 41.7 Å². The number of rotatable bonds is 9. The Kier molecular flexibility index (Phi) is 8.10. The standard InChI is InChI=1S/C21H27N3O6S2/c1-15-14-16(2)23-20(22-15)31-13-3-10-30-17-4-6-18(7-5-17)32(27,28)21(19(25)24-26)8-11-29-12-9-21/h4-7,14,26H,3,8-13H2,1-2H3,(H,24,25). The minimum atomic E-state index is -4.04. The number of carbonyl (C=O) groups excluding carboxylic acids is 1. The third kappa shape index (κ3) is 5.40. The van der Waals surface area contributed by atoms with Crippen molar-refractivity contribution in [2.75, 3.05) is 25.6 Å². The summed E-state index contributed by atoms with van der Waals surface area (Å²) in [5, 5.41) is 9.85. The lowest BCUT2D eigenvalue weighted by atomic mass is 9.98. The van der Waals surface area contributed by atoms with Gasteiger partial charge in [-0.15, -0.1) is 0 Å². The Morgan fingerprint density at radius 1 is 1.19 bits per heavy atom. The molecule has 174 valence electrons. The molecule has 0 saturated carbocycles. The molecule has 0 bridgehead atoms. The van der Waals surface area contributed by atoms with Crippen LogP contribution in [-0.4, -0.2) is 59.8 Å². The highest BCUT2D eigenvalue weighted by Gasteiger charge is 2.52. The number of hydrogen-bond donors (Lipinski definition) is 2. The average molecular weight is 482 g/mol. The highest BCUT2D eigenvalue weighted by Crippen LogP contribution is 2.35. The molecule has 32 heavy (non-hydrogen) atoms. The van der Waals surface area contributed by atoms with E-state index in [1.54, 1.807) is 23.9 Å². The van der Waals surface area contributed by atoms with Gasteiger partial charge in [-0.25, -0.2) is 23.9 Å². The molecule has 11 heteroatoms. The lowest BCUT2D eigenvalue weighted by molar-refractivity contribution is -0.134. The number of nitrogens with one attached hydrogen (secondary N) is 1. The number of aromatic nitrogens is 2. The Labute approximate surface area is 191 Å². The molecule has 1 aliphatic rings. The largest absolute Gasteiger partial charge is 0.494 e. The van der Waals surface area contributed by atoms with Crippen LogP contribution in [0.2, 0.25) is 0 Å². The summed E-state index contributed by atoms with van der Waals surface area (Å²) in [5.74, 6) is 0.381. The summed E-state index contributed by atoms with van der Waals surface area (Å²) in [6, 6.07) is 7.90. The first kappa shape index (κ1) is 24.4. The van der Waals surface area contributed by atoms with Crippen molar-refractivity contribution in [2.45, 2.75) is 47.9 Å². The van der Waals surface area contributed by atoms with Crippen LogP contribution >= 0.6 is 11.8 Å². The molecule has 2 heterocycles. The van der Waals surface area contributed by atoms with Gasteiger partial charge in [0.2, 0.25) is 0 Å². The van der Waals surface area contributed by atoms with Crippen molar-refractivity contribution in [1.29, 1.82) is 0 Å². The van der Waals surface area contributed by atoms with Gasteiger partial charge in [-0.3, -0.25) is 10.0 Å². The Morgan fingerprint density at radius 2 is 1.81 bits per heavy atom. The fourth-order valence-corrected chi connectivity index (χ4v) is 6.33. The van der Waals surface area contributed by atoms with Gasteiger partial charge in [-0.1, -0.05) is 11.8 Å². The van der Waals surface area contributed by atoms with Crippen LogP contribution in [0.25, 0.3) is 0 Å². The number of carbonyl (C=O) groups is 1. The van der Waals surface area contributed by atoms with Crippen LogP contribution in [-0.2, 0) is 19.4 Å². The summed E-state index contributed by atoms with van der Waals surface area (Å²) in [4.78, 5) is 21.1. The maximum absolute atomic E-state index is 13.2. The van der Waals surface area contributed by atoms with Crippen molar-refractivity contribution >= 4 is 27.5 Å². The maximum Gasteiger partial charge on any atom is 0.265 e. The van der Waals surface area contributed by atoms with E-state index >= 15 is 0 Å². The molecule has 1 aromatic carbocycles. The molecule has 3 rings (SSSR count). The molecular formula is C21H27N3O6S2. The van der Waals surface area contributed by atoms with Gasteiger partial charge in [0.15, 0.2) is 19.7 Å². The first-order valence-electron chi connectivity index (χ1n) is 10.2. The van der Waals surface area contributed by atoms with Gasteiger partial charge in [0.25, 0.3) is 5.91 Å². The molecule has 2 aromatic rings. The number of sulfone groups is 1. The molecule has 1 amide bonds. The lowest BCUT2D eigenvalue weighted by Gasteiger charge is -2.34. The first-order chi connectivity index (χ1) is 15.3. The summed E-state index contributed by atoms with van der Waals surface area (Å²) >= 11 is 1.56. The number of benzene rings is 1. The minimum absolute atomic E-state index is 0.00197. The van der Waals surface area contributed by atoms with Crippen molar-refractivity contribution in [3.63, 3.8) is 0 Å². The third-order valence-corrected chi connectivity index (χ3v) is 8.66. The fourth-order valence-electron chi connectivity index (χ4n) is 3.53. The number of aryl methyl sites for hydroxylation is 2. The molecule has 9 nitrogen and oxygen atoms in total. The summed E-state index contributed by atoms with van der Waals surface area (Å²) in [7, 11) is -4.04. The molecule has 1 aliphatic heterocycles. The van der Waals surface area contributed by atoms with Gasteiger partial charge in [-0.05, 0) is 63.4 Å². The SMILES string of the molecule is Cc1cc(C)nc(SCCCOc2ccc(S(=O)(=O)C3(C(=O)NO)CCOCC3)cc2)n1. The second-order valence-corrected chi connectivity index (χ2v) is 10.8. The van der Waals surface area contributed by atoms with Gasteiger partial charge < -0.3 is 9.47 Å². The summed E-state index contributed by atoms with van der Waals surface area (Å²) in [6.07, 6.45) is 0.713. The zero-order valence-electron chi connectivity index (χ0n) is 18.0. The van der Waals surface area contributed by atoms with Crippen LogP contribution in [0.1, 0.15) is 30.7 Å². The first-order valence-corrected chi connectivity index (χ1v) is 12.7. The van der Waals surface area contributed by atoms with Gasteiger partial charge in [0, 0.05) is 30.4 Å². The number of nitrogens with zero attached hydrogens (tertiary/aromatic N) is 2. The molecule has 1 fully saturated rings. The Hall–Kier alpha value is -2.21. The zero-order chi connectivity index (χ0) is 23.2. The number of hydrogen-bond acceptors (Lipinski definition) is 9. The summed E-state index contributed by atoms with van der Waals surface area (Å²) in [6.45, 7) is 4.58.